The van der Waals surface area contributed by atoms with E-state index in [4.69, 9.17) is 15.2 Å². The molecule has 0 saturated carbocycles. The lowest BCUT2D eigenvalue weighted by atomic mass is 10.1. The third-order valence-electron chi connectivity index (χ3n) is 3.50. The van der Waals surface area contributed by atoms with Gasteiger partial charge in [0.05, 0.1) is 17.7 Å². The van der Waals surface area contributed by atoms with E-state index < -0.39 is 12.0 Å². The molecule has 6 nitrogen and oxygen atoms in total. The lowest BCUT2D eigenvalue weighted by Gasteiger charge is -2.15. The molecule has 1 amide bonds. The third kappa shape index (κ3) is 6.49. The van der Waals surface area contributed by atoms with Crippen LogP contribution in [0.3, 0.4) is 0 Å². The Balaban J connectivity index is 0.00000338. The summed E-state index contributed by atoms with van der Waals surface area (Å²) < 4.78 is 11.3. The van der Waals surface area contributed by atoms with Gasteiger partial charge in [-0.25, -0.2) is 0 Å². The van der Waals surface area contributed by atoms with E-state index in [0.29, 0.717) is 29.1 Å². The van der Waals surface area contributed by atoms with E-state index >= 15 is 0 Å². The molecule has 2 aromatic carbocycles. The van der Waals surface area contributed by atoms with E-state index in [2.05, 4.69) is 21.2 Å². The lowest BCUT2D eigenvalue weighted by molar-refractivity contribution is -0.119. The van der Waals surface area contributed by atoms with E-state index in [9.17, 15) is 9.90 Å². The number of methoxy groups -OCH3 is 1. The molecule has 0 aliphatic heterocycles. The smallest absolute Gasteiger partial charge is 0.255 e. The van der Waals surface area contributed by atoms with Crippen molar-refractivity contribution >= 4 is 34.2 Å². The number of amides is 1. The van der Waals surface area contributed by atoms with Gasteiger partial charge in [0, 0.05) is 13.1 Å². The van der Waals surface area contributed by atoms with Gasteiger partial charge in [0.15, 0.2) is 18.1 Å². The van der Waals surface area contributed by atoms with Crippen LogP contribution in [-0.2, 0) is 11.3 Å². The first-order chi connectivity index (χ1) is 12.0. The molecule has 0 bridgehead atoms. The van der Waals surface area contributed by atoms with Crippen molar-refractivity contribution in [2.75, 3.05) is 20.3 Å². The number of carbonyl (C=O) groups excluding carboxylic acids is 1. The Hall–Kier alpha value is -1.80. The SMILES string of the molecule is COc1cc(CNCC(O)c2ccccc2)cc(Br)c1OCC(N)=O.Cl. The summed E-state index contributed by atoms with van der Waals surface area (Å²) in [5.41, 5.74) is 6.91. The topological polar surface area (TPSA) is 93.8 Å². The van der Waals surface area contributed by atoms with Crippen molar-refractivity contribution in [3.05, 3.63) is 58.1 Å². The Labute approximate surface area is 167 Å². The van der Waals surface area contributed by atoms with E-state index in [0.717, 1.165) is 11.1 Å². The monoisotopic (exact) mass is 444 g/mol. The van der Waals surface area contributed by atoms with Crippen molar-refractivity contribution in [1.29, 1.82) is 0 Å². The normalized spacial score (nSPS) is 11.3. The van der Waals surface area contributed by atoms with E-state index in [1.807, 2.05) is 42.5 Å². The Morgan fingerprint density at radius 3 is 2.62 bits per heavy atom. The summed E-state index contributed by atoms with van der Waals surface area (Å²) in [5.74, 6) is 0.361. The number of nitrogens with one attached hydrogen (secondary N) is 1. The zero-order valence-corrected chi connectivity index (χ0v) is 16.7. The van der Waals surface area contributed by atoms with Gasteiger partial charge < -0.3 is 25.6 Å². The molecule has 2 aromatic rings. The molecule has 0 heterocycles. The molecule has 1 atom stereocenters. The van der Waals surface area contributed by atoms with Crippen LogP contribution in [0.15, 0.2) is 46.9 Å². The van der Waals surface area contributed by atoms with Crippen LogP contribution in [0.2, 0.25) is 0 Å². The Bertz CT molecular complexity index is 716. The maximum atomic E-state index is 10.9. The molecular weight excluding hydrogens is 424 g/mol. The van der Waals surface area contributed by atoms with Crippen molar-refractivity contribution in [3.63, 3.8) is 0 Å². The Kier molecular flexibility index (Phi) is 9.43. The van der Waals surface area contributed by atoms with E-state index in [-0.39, 0.29) is 19.0 Å². The molecule has 2 rings (SSSR count). The summed E-state index contributed by atoms with van der Waals surface area (Å²) >= 11 is 3.41. The van der Waals surface area contributed by atoms with Crippen molar-refractivity contribution in [3.8, 4) is 11.5 Å². The first kappa shape index (κ1) is 22.2. The number of aliphatic hydroxyl groups is 1. The van der Waals surface area contributed by atoms with Crippen LogP contribution in [0.4, 0.5) is 0 Å². The summed E-state index contributed by atoms with van der Waals surface area (Å²) in [6, 6.07) is 13.1. The van der Waals surface area contributed by atoms with Gasteiger partial charge >= 0.3 is 0 Å². The predicted molar refractivity (Wildman–Crippen MR) is 106 cm³/mol. The molecule has 0 saturated heterocycles. The van der Waals surface area contributed by atoms with Gasteiger partial charge in [-0.15, -0.1) is 12.4 Å². The number of aliphatic hydroxyl groups excluding tert-OH is 1. The fraction of sp³-hybridized carbons (Fsp3) is 0.278. The first-order valence-corrected chi connectivity index (χ1v) is 8.51. The molecule has 0 radical (unpaired) electrons. The molecule has 8 heteroatoms. The zero-order valence-electron chi connectivity index (χ0n) is 14.3. The number of rotatable bonds is 9. The summed E-state index contributed by atoms with van der Waals surface area (Å²) in [6.45, 7) is 0.731. The second-order valence-corrected chi connectivity index (χ2v) is 6.28. The minimum Gasteiger partial charge on any atom is -0.493 e. The van der Waals surface area contributed by atoms with Crippen LogP contribution in [0.5, 0.6) is 11.5 Å². The molecule has 0 fully saturated rings. The molecule has 0 aliphatic carbocycles. The number of nitrogens with two attached hydrogens (primary N) is 1. The summed E-state index contributed by atoms with van der Waals surface area (Å²) in [5, 5.41) is 13.4. The zero-order chi connectivity index (χ0) is 18.2. The van der Waals surface area contributed by atoms with Gasteiger partial charge in [0.2, 0.25) is 0 Å². The number of primary amides is 1. The highest BCUT2D eigenvalue weighted by molar-refractivity contribution is 9.10. The van der Waals surface area contributed by atoms with Crippen LogP contribution >= 0.6 is 28.3 Å². The minimum absolute atomic E-state index is 0. The summed E-state index contributed by atoms with van der Waals surface area (Å²) in [6.07, 6.45) is -0.579. The molecular formula is C18H22BrClN2O4. The van der Waals surface area contributed by atoms with Crippen molar-refractivity contribution in [1.82, 2.24) is 5.32 Å². The molecule has 0 aromatic heterocycles. The van der Waals surface area contributed by atoms with Gasteiger partial charge in [0.25, 0.3) is 5.91 Å². The van der Waals surface area contributed by atoms with Crippen molar-refractivity contribution < 1.29 is 19.4 Å². The minimum atomic E-state index is -0.579. The van der Waals surface area contributed by atoms with Gasteiger partial charge in [-0.2, -0.15) is 0 Å². The van der Waals surface area contributed by atoms with E-state index in [1.54, 1.807) is 0 Å². The second-order valence-electron chi connectivity index (χ2n) is 5.42. The van der Waals surface area contributed by atoms with Crippen LogP contribution < -0.4 is 20.5 Å². The van der Waals surface area contributed by atoms with Gasteiger partial charge in [-0.1, -0.05) is 30.3 Å². The third-order valence-corrected chi connectivity index (χ3v) is 4.09. The highest BCUT2D eigenvalue weighted by atomic mass is 79.9. The van der Waals surface area contributed by atoms with Crippen LogP contribution in [0.1, 0.15) is 17.2 Å². The van der Waals surface area contributed by atoms with E-state index in [1.165, 1.54) is 7.11 Å². The molecule has 142 valence electrons. The summed E-state index contributed by atoms with van der Waals surface area (Å²) in [7, 11) is 1.52. The number of ether oxygens (including phenoxy) is 2. The maximum Gasteiger partial charge on any atom is 0.255 e. The van der Waals surface area contributed by atoms with Crippen LogP contribution in [0, 0.1) is 0 Å². The molecule has 0 spiro atoms. The average molecular weight is 446 g/mol. The highest BCUT2D eigenvalue weighted by Crippen LogP contribution is 2.36. The molecule has 4 N–H and O–H groups in total. The van der Waals surface area contributed by atoms with Gasteiger partial charge in [0.1, 0.15) is 0 Å². The second kappa shape index (κ2) is 11.0. The average Bonchev–Trinajstić information content (AvgIpc) is 2.60. The summed E-state index contributed by atoms with van der Waals surface area (Å²) in [4.78, 5) is 10.9. The number of carbonyl (C=O) groups is 1. The van der Waals surface area contributed by atoms with Gasteiger partial charge in [-0.05, 0) is 39.2 Å². The number of hydrogen-bond donors (Lipinski definition) is 3. The highest BCUT2D eigenvalue weighted by Gasteiger charge is 2.13. The number of halogens is 2. The Morgan fingerprint density at radius 2 is 2.00 bits per heavy atom. The fourth-order valence-electron chi connectivity index (χ4n) is 2.30. The standard InChI is InChI=1S/C18H21BrN2O4.ClH/c1-24-16-8-12(7-14(19)18(16)25-11-17(20)23)9-21-10-15(22)13-5-3-2-4-6-13;/h2-8,15,21-22H,9-11H2,1H3,(H2,20,23);1H. The van der Waals surface area contributed by atoms with Crippen molar-refractivity contribution in [2.45, 2.75) is 12.6 Å². The largest absolute Gasteiger partial charge is 0.493 e. The first-order valence-electron chi connectivity index (χ1n) is 7.72. The van der Waals surface area contributed by atoms with Crippen LogP contribution in [-0.4, -0.2) is 31.3 Å². The number of benzene rings is 2. The lowest BCUT2D eigenvalue weighted by Crippen LogP contribution is -2.21. The molecule has 0 aliphatic rings. The van der Waals surface area contributed by atoms with Crippen LogP contribution in [0.25, 0.3) is 0 Å². The predicted octanol–water partition coefficient (Wildman–Crippen LogP) is 2.57. The number of hydrogen-bond acceptors (Lipinski definition) is 5. The van der Waals surface area contributed by atoms with Gasteiger partial charge in [-0.3, -0.25) is 4.79 Å². The molecule has 1 unspecified atom stereocenters. The quantitative estimate of drug-likeness (QED) is 0.551. The maximum absolute atomic E-state index is 10.9. The van der Waals surface area contributed by atoms with Crippen molar-refractivity contribution in [2.24, 2.45) is 5.73 Å². The molecule has 26 heavy (non-hydrogen) atoms. The Morgan fingerprint density at radius 1 is 1.31 bits per heavy atom. The fourth-order valence-corrected chi connectivity index (χ4v) is 2.91.